The number of halogens is 2. The first kappa shape index (κ1) is 12.8. The molecule has 4 aliphatic carbocycles. The van der Waals surface area contributed by atoms with Crippen LogP contribution in [0.4, 0.5) is 8.78 Å². The number of esters is 1. The van der Waals surface area contributed by atoms with E-state index in [1.807, 2.05) is 0 Å². The molecule has 6 heteroatoms. The maximum atomic E-state index is 13.2. The second-order valence-electron chi connectivity index (χ2n) is 6.37. The summed E-state index contributed by atoms with van der Waals surface area (Å²) in [5.74, 6) is -7.46. The molecule has 0 aromatic carbocycles. The van der Waals surface area contributed by atoms with E-state index < -0.39 is 23.5 Å². The lowest BCUT2D eigenvalue weighted by molar-refractivity contribution is -0.213. The molecular weight excluding hydrogens is 258 g/mol. The topological polar surface area (TPSA) is 63.6 Å². The quantitative estimate of drug-likeness (QED) is 0.633. The van der Waals surface area contributed by atoms with E-state index in [-0.39, 0.29) is 0 Å². The zero-order chi connectivity index (χ0) is 13.8. The smallest absolute Gasteiger partial charge is 0.437 e. The number of carboxylic acid groups (broad SMARTS) is 1. The summed E-state index contributed by atoms with van der Waals surface area (Å²) in [6.45, 7) is 0. The van der Waals surface area contributed by atoms with Crippen LogP contribution < -0.4 is 0 Å². The van der Waals surface area contributed by atoms with Crippen LogP contribution in [-0.4, -0.2) is 28.6 Å². The van der Waals surface area contributed by atoms with E-state index in [1.54, 1.807) is 0 Å². The molecule has 0 aromatic heterocycles. The molecule has 0 aliphatic heterocycles. The number of carbonyl (C=O) groups is 2. The number of carboxylic acids is 1. The van der Waals surface area contributed by atoms with Crippen molar-refractivity contribution < 1.29 is 28.2 Å². The van der Waals surface area contributed by atoms with Gasteiger partial charge in [0.25, 0.3) is 0 Å². The first-order chi connectivity index (χ1) is 8.81. The van der Waals surface area contributed by atoms with Crippen molar-refractivity contribution >= 4 is 11.9 Å². The molecule has 0 heterocycles. The van der Waals surface area contributed by atoms with Gasteiger partial charge in [-0.2, -0.15) is 8.78 Å². The molecule has 106 valence electrons. The Morgan fingerprint density at radius 3 is 1.84 bits per heavy atom. The number of ether oxygens (including phenoxy) is 1. The second-order valence-corrected chi connectivity index (χ2v) is 6.37. The molecular formula is C13H16F2O4. The summed E-state index contributed by atoms with van der Waals surface area (Å²) in [7, 11) is 0. The van der Waals surface area contributed by atoms with Crippen molar-refractivity contribution in [3.05, 3.63) is 0 Å². The predicted octanol–water partition coefficient (Wildman–Crippen LogP) is 2.22. The summed E-state index contributed by atoms with van der Waals surface area (Å²) in [6, 6.07) is 0. The average molecular weight is 274 g/mol. The average Bonchev–Trinajstić information content (AvgIpc) is 2.25. The monoisotopic (exact) mass is 274 g/mol. The molecule has 1 N–H and O–H groups in total. The van der Waals surface area contributed by atoms with Crippen LogP contribution in [0, 0.1) is 17.8 Å². The first-order valence-corrected chi connectivity index (χ1v) is 6.65. The molecule has 4 saturated carbocycles. The Morgan fingerprint density at radius 2 is 1.47 bits per heavy atom. The Hall–Kier alpha value is -1.20. The molecule has 0 spiro atoms. The summed E-state index contributed by atoms with van der Waals surface area (Å²) >= 11 is 0. The van der Waals surface area contributed by atoms with Crippen molar-refractivity contribution in [2.45, 2.75) is 50.0 Å². The highest BCUT2D eigenvalue weighted by molar-refractivity contribution is 6.00. The van der Waals surface area contributed by atoms with Gasteiger partial charge < -0.3 is 9.84 Å². The maximum absolute atomic E-state index is 13.2. The Kier molecular flexibility index (Phi) is 2.63. The Labute approximate surface area is 109 Å². The minimum Gasteiger partial charge on any atom is -0.476 e. The van der Waals surface area contributed by atoms with Gasteiger partial charge in [-0.1, -0.05) is 0 Å². The third-order valence-electron chi connectivity index (χ3n) is 4.82. The highest BCUT2D eigenvalue weighted by Gasteiger charge is 2.57. The van der Waals surface area contributed by atoms with Gasteiger partial charge in [-0.3, -0.25) is 0 Å². The predicted molar refractivity (Wildman–Crippen MR) is 59.6 cm³/mol. The summed E-state index contributed by atoms with van der Waals surface area (Å²) in [5.41, 5.74) is -0.829. The van der Waals surface area contributed by atoms with E-state index in [9.17, 15) is 18.4 Å². The SMILES string of the molecule is O=C(O)C(F)(F)C(=O)OC12CC3CC(CC(C3)C1)C2. The molecule has 0 aromatic rings. The fourth-order valence-electron chi connectivity index (χ4n) is 4.50. The normalized spacial score (nSPS) is 40.2. The van der Waals surface area contributed by atoms with Gasteiger partial charge in [-0.25, -0.2) is 9.59 Å². The lowest BCUT2D eigenvalue weighted by Crippen LogP contribution is -2.55. The van der Waals surface area contributed by atoms with E-state index in [4.69, 9.17) is 9.84 Å². The number of alkyl halides is 2. The summed E-state index contributed by atoms with van der Waals surface area (Å²) < 4.78 is 31.3. The van der Waals surface area contributed by atoms with E-state index in [1.165, 1.54) is 0 Å². The molecule has 4 rings (SSSR count). The van der Waals surface area contributed by atoms with Crippen LogP contribution in [0.5, 0.6) is 0 Å². The van der Waals surface area contributed by atoms with Crippen molar-refractivity contribution in [2.75, 3.05) is 0 Å². The van der Waals surface area contributed by atoms with Gasteiger partial charge in [-0.15, -0.1) is 0 Å². The number of hydrogen-bond acceptors (Lipinski definition) is 3. The van der Waals surface area contributed by atoms with Gasteiger partial charge in [0.05, 0.1) is 0 Å². The molecule has 0 amide bonds. The van der Waals surface area contributed by atoms with Crippen LogP contribution in [0.2, 0.25) is 0 Å². The van der Waals surface area contributed by atoms with E-state index in [0.29, 0.717) is 37.0 Å². The standard InChI is InChI=1S/C13H16F2O4/c14-13(15,10(16)17)11(18)19-12-4-7-1-8(5-12)3-9(2-7)6-12/h7-9H,1-6H2,(H,16,17). The minimum atomic E-state index is -4.44. The third kappa shape index (κ3) is 2.01. The molecule has 19 heavy (non-hydrogen) atoms. The third-order valence-corrected chi connectivity index (χ3v) is 4.82. The fourth-order valence-corrected chi connectivity index (χ4v) is 4.50. The fraction of sp³-hybridized carbons (Fsp3) is 0.846. The molecule has 4 bridgehead atoms. The van der Waals surface area contributed by atoms with E-state index in [2.05, 4.69) is 0 Å². The molecule has 0 radical (unpaired) electrons. The maximum Gasteiger partial charge on any atom is 0.437 e. The van der Waals surface area contributed by atoms with Crippen molar-refractivity contribution in [2.24, 2.45) is 17.8 Å². The van der Waals surface area contributed by atoms with Crippen molar-refractivity contribution in [1.29, 1.82) is 0 Å². The second kappa shape index (κ2) is 3.90. The van der Waals surface area contributed by atoms with Gasteiger partial charge in [0, 0.05) is 0 Å². The highest BCUT2D eigenvalue weighted by atomic mass is 19.3. The summed E-state index contributed by atoms with van der Waals surface area (Å²) in [4.78, 5) is 21.8. The van der Waals surface area contributed by atoms with Crippen molar-refractivity contribution in [3.8, 4) is 0 Å². The Bertz CT molecular complexity index is 397. The summed E-state index contributed by atoms with van der Waals surface area (Å²) in [6.07, 6.45) is 5.10. The molecule has 0 unspecified atom stereocenters. The number of carbonyl (C=O) groups excluding carboxylic acids is 1. The Balaban J connectivity index is 1.76. The molecule has 0 saturated heterocycles. The van der Waals surface area contributed by atoms with Crippen LogP contribution in [0.15, 0.2) is 0 Å². The van der Waals surface area contributed by atoms with Gasteiger partial charge in [-0.05, 0) is 56.3 Å². The van der Waals surface area contributed by atoms with Crippen LogP contribution in [0.1, 0.15) is 38.5 Å². The van der Waals surface area contributed by atoms with Gasteiger partial charge in [0.1, 0.15) is 5.60 Å². The van der Waals surface area contributed by atoms with Crippen LogP contribution in [0.3, 0.4) is 0 Å². The minimum absolute atomic E-state index is 0.442. The lowest BCUT2D eigenvalue weighted by atomic mass is 9.54. The molecule has 0 atom stereocenters. The van der Waals surface area contributed by atoms with Crippen LogP contribution in [-0.2, 0) is 14.3 Å². The zero-order valence-electron chi connectivity index (χ0n) is 10.4. The van der Waals surface area contributed by atoms with Crippen molar-refractivity contribution in [1.82, 2.24) is 0 Å². The number of rotatable bonds is 3. The van der Waals surface area contributed by atoms with Gasteiger partial charge in [0.15, 0.2) is 0 Å². The highest BCUT2D eigenvalue weighted by Crippen LogP contribution is 2.57. The molecule has 4 nitrogen and oxygen atoms in total. The van der Waals surface area contributed by atoms with Crippen molar-refractivity contribution in [3.63, 3.8) is 0 Å². The van der Waals surface area contributed by atoms with Gasteiger partial charge >= 0.3 is 17.9 Å². The lowest BCUT2D eigenvalue weighted by Gasteiger charge is -2.55. The number of aliphatic carboxylic acids is 1. The van der Waals surface area contributed by atoms with Crippen LogP contribution in [0.25, 0.3) is 0 Å². The largest absolute Gasteiger partial charge is 0.476 e. The van der Waals surface area contributed by atoms with E-state index in [0.717, 1.165) is 19.3 Å². The number of hydrogen-bond donors (Lipinski definition) is 1. The first-order valence-electron chi connectivity index (χ1n) is 6.65. The van der Waals surface area contributed by atoms with E-state index >= 15 is 0 Å². The van der Waals surface area contributed by atoms with Crippen LogP contribution >= 0.6 is 0 Å². The molecule has 4 aliphatic rings. The Morgan fingerprint density at radius 1 is 1.05 bits per heavy atom. The summed E-state index contributed by atoms with van der Waals surface area (Å²) in [5, 5.41) is 8.37. The van der Waals surface area contributed by atoms with Gasteiger partial charge in [0.2, 0.25) is 0 Å². The molecule has 4 fully saturated rings. The zero-order valence-corrected chi connectivity index (χ0v) is 10.4.